The second-order valence-corrected chi connectivity index (χ2v) is 4.50. The molecule has 1 unspecified atom stereocenters. The highest BCUT2D eigenvalue weighted by Gasteiger charge is 2.26. The number of carbonyl (C=O) groups excluding carboxylic acids is 1. The van der Waals surface area contributed by atoms with Crippen molar-refractivity contribution in [2.45, 2.75) is 18.4 Å². The molecule has 1 heterocycles. The van der Waals surface area contributed by atoms with Gasteiger partial charge in [0.2, 0.25) is 0 Å². The zero-order valence-electron chi connectivity index (χ0n) is 9.86. The quantitative estimate of drug-likeness (QED) is 0.774. The number of amides is 1. The van der Waals surface area contributed by atoms with E-state index in [2.05, 4.69) is 0 Å². The van der Waals surface area contributed by atoms with Gasteiger partial charge in [-0.2, -0.15) is 0 Å². The number of carbonyl (C=O) groups is 1. The normalized spacial score (nSPS) is 19.6. The summed E-state index contributed by atoms with van der Waals surface area (Å²) in [7, 11) is 1.69. The number of halogens is 1. The Bertz CT molecular complexity index is 408. The van der Waals surface area contributed by atoms with E-state index < -0.39 is 0 Å². The van der Waals surface area contributed by atoms with Crippen molar-refractivity contribution < 1.29 is 9.53 Å². The van der Waals surface area contributed by atoms with Crippen LogP contribution in [0, 0.1) is 0 Å². The number of hydrogen-bond donors (Lipinski definition) is 0. The molecule has 0 radical (unpaired) electrons. The lowest BCUT2D eigenvalue weighted by atomic mass is 10.1. The lowest BCUT2D eigenvalue weighted by Gasteiger charge is -2.16. The topological polar surface area (TPSA) is 29.5 Å². The van der Waals surface area contributed by atoms with E-state index in [1.807, 2.05) is 29.2 Å². The number of methoxy groups -OCH3 is 1. The van der Waals surface area contributed by atoms with E-state index in [9.17, 15) is 4.79 Å². The van der Waals surface area contributed by atoms with Crippen LogP contribution in [0.1, 0.15) is 22.3 Å². The largest absolute Gasteiger partial charge is 0.380 e. The van der Waals surface area contributed by atoms with E-state index in [-0.39, 0.29) is 12.0 Å². The maximum atomic E-state index is 12.2. The van der Waals surface area contributed by atoms with Crippen molar-refractivity contribution in [3.8, 4) is 0 Å². The summed E-state index contributed by atoms with van der Waals surface area (Å²) in [6.45, 7) is 1.45. The van der Waals surface area contributed by atoms with Gasteiger partial charge in [-0.25, -0.2) is 0 Å². The van der Waals surface area contributed by atoms with E-state index in [0.717, 1.165) is 18.5 Å². The Labute approximate surface area is 106 Å². The third kappa shape index (κ3) is 2.79. The fourth-order valence-electron chi connectivity index (χ4n) is 2.08. The Kier molecular flexibility index (Phi) is 4.02. The highest BCUT2D eigenvalue weighted by Crippen LogP contribution is 2.16. The molecule has 1 aromatic carbocycles. The highest BCUT2D eigenvalue weighted by atomic mass is 35.5. The molecular formula is C13H16ClNO2. The number of rotatable bonds is 3. The molecule has 0 aliphatic carbocycles. The van der Waals surface area contributed by atoms with Crippen molar-refractivity contribution in [3.05, 3.63) is 35.4 Å². The smallest absolute Gasteiger partial charge is 0.253 e. The van der Waals surface area contributed by atoms with Crippen LogP contribution in [0.5, 0.6) is 0 Å². The first-order valence-corrected chi connectivity index (χ1v) is 6.25. The van der Waals surface area contributed by atoms with E-state index in [1.165, 1.54) is 0 Å². The summed E-state index contributed by atoms with van der Waals surface area (Å²) < 4.78 is 5.26. The van der Waals surface area contributed by atoms with Gasteiger partial charge in [0.05, 0.1) is 6.10 Å². The molecule has 1 amide bonds. The van der Waals surface area contributed by atoms with E-state index in [0.29, 0.717) is 18.0 Å². The fourth-order valence-corrected chi connectivity index (χ4v) is 2.24. The van der Waals surface area contributed by atoms with Crippen molar-refractivity contribution >= 4 is 17.5 Å². The van der Waals surface area contributed by atoms with E-state index in [1.54, 1.807) is 7.11 Å². The molecule has 0 bridgehead atoms. The number of hydrogen-bond acceptors (Lipinski definition) is 2. The molecule has 0 aromatic heterocycles. The SMILES string of the molecule is COC1CCN(C(=O)c2cccc(CCl)c2)C1. The van der Waals surface area contributed by atoms with Gasteiger partial charge in [-0.15, -0.1) is 11.6 Å². The molecule has 0 saturated carbocycles. The van der Waals surface area contributed by atoms with Gasteiger partial charge >= 0.3 is 0 Å². The first kappa shape index (κ1) is 12.4. The molecule has 1 saturated heterocycles. The minimum absolute atomic E-state index is 0.0662. The molecule has 3 nitrogen and oxygen atoms in total. The summed E-state index contributed by atoms with van der Waals surface area (Å²) in [4.78, 5) is 14.0. The molecule has 2 rings (SSSR count). The number of alkyl halides is 1. The fraction of sp³-hybridized carbons (Fsp3) is 0.462. The summed E-state index contributed by atoms with van der Waals surface area (Å²) in [6.07, 6.45) is 1.09. The maximum absolute atomic E-state index is 12.2. The predicted molar refractivity (Wildman–Crippen MR) is 67.3 cm³/mol. The van der Waals surface area contributed by atoms with Crippen LogP contribution in [-0.2, 0) is 10.6 Å². The number of nitrogens with zero attached hydrogens (tertiary/aromatic N) is 1. The summed E-state index contributed by atoms with van der Waals surface area (Å²) in [5.74, 6) is 0.499. The number of benzene rings is 1. The predicted octanol–water partition coefficient (Wildman–Crippen LogP) is 2.29. The van der Waals surface area contributed by atoms with Crippen molar-refractivity contribution in [3.63, 3.8) is 0 Å². The Morgan fingerprint density at radius 2 is 2.41 bits per heavy atom. The van der Waals surface area contributed by atoms with Crippen LogP contribution >= 0.6 is 11.6 Å². The van der Waals surface area contributed by atoms with E-state index in [4.69, 9.17) is 16.3 Å². The van der Waals surface area contributed by atoms with Crippen LogP contribution in [0.3, 0.4) is 0 Å². The Morgan fingerprint density at radius 1 is 1.59 bits per heavy atom. The highest BCUT2D eigenvalue weighted by molar-refractivity contribution is 6.17. The monoisotopic (exact) mass is 253 g/mol. The van der Waals surface area contributed by atoms with Crippen LogP contribution < -0.4 is 0 Å². The molecule has 0 N–H and O–H groups in total. The van der Waals surface area contributed by atoms with Crippen LogP contribution in [0.25, 0.3) is 0 Å². The summed E-state index contributed by atoms with van der Waals surface area (Å²) in [5.41, 5.74) is 1.68. The molecule has 92 valence electrons. The van der Waals surface area contributed by atoms with Gasteiger partial charge in [-0.3, -0.25) is 4.79 Å². The van der Waals surface area contributed by atoms with Gasteiger partial charge in [0.1, 0.15) is 0 Å². The molecule has 4 heteroatoms. The first-order chi connectivity index (χ1) is 8.24. The van der Waals surface area contributed by atoms with Gasteiger partial charge in [0, 0.05) is 31.6 Å². The molecule has 1 aliphatic heterocycles. The van der Waals surface area contributed by atoms with Crippen LogP contribution in [0.4, 0.5) is 0 Å². The summed E-state index contributed by atoms with van der Waals surface area (Å²) in [6, 6.07) is 7.48. The number of ether oxygens (including phenoxy) is 1. The molecule has 1 aromatic rings. The Balaban J connectivity index is 2.09. The average Bonchev–Trinajstić information content (AvgIpc) is 2.86. The molecule has 0 spiro atoms. The van der Waals surface area contributed by atoms with Crippen molar-refractivity contribution in [2.75, 3.05) is 20.2 Å². The van der Waals surface area contributed by atoms with Crippen LogP contribution in [-0.4, -0.2) is 37.1 Å². The second kappa shape index (κ2) is 5.52. The summed E-state index contributed by atoms with van der Waals surface area (Å²) >= 11 is 5.76. The minimum atomic E-state index is 0.0662. The number of likely N-dealkylation sites (tertiary alicyclic amines) is 1. The molecule has 1 atom stereocenters. The third-order valence-electron chi connectivity index (χ3n) is 3.09. The molecule has 1 fully saturated rings. The van der Waals surface area contributed by atoms with Gasteiger partial charge in [0.25, 0.3) is 5.91 Å². The lowest BCUT2D eigenvalue weighted by Crippen LogP contribution is -2.29. The Morgan fingerprint density at radius 3 is 3.06 bits per heavy atom. The van der Waals surface area contributed by atoms with Crippen LogP contribution in [0.15, 0.2) is 24.3 Å². The molecular weight excluding hydrogens is 238 g/mol. The standard InChI is InChI=1S/C13H16ClNO2/c1-17-12-5-6-15(9-12)13(16)11-4-2-3-10(7-11)8-14/h2-4,7,12H,5-6,8-9H2,1H3. The molecule has 17 heavy (non-hydrogen) atoms. The van der Waals surface area contributed by atoms with Crippen molar-refractivity contribution in [1.82, 2.24) is 4.90 Å². The zero-order valence-corrected chi connectivity index (χ0v) is 10.6. The zero-order chi connectivity index (χ0) is 12.3. The van der Waals surface area contributed by atoms with Crippen molar-refractivity contribution in [1.29, 1.82) is 0 Å². The third-order valence-corrected chi connectivity index (χ3v) is 3.40. The maximum Gasteiger partial charge on any atom is 0.253 e. The minimum Gasteiger partial charge on any atom is -0.380 e. The molecule has 1 aliphatic rings. The van der Waals surface area contributed by atoms with Crippen molar-refractivity contribution in [2.24, 2.45) is 0 Å². The second-order valence-electron chi connectivity index (χ2n) is 4.23. The Hall–Kier alpha value is -1.06. The average molecular weight is 254 g/mol. The van der Waals surface area contributed by atoms with Gasteiger partial charge in [-0.05, 0) is 24.1 Å². The van der Waals surface area contributed by atoms with E-state index >= 15 is 0 Å². The van der Waals surface area contributed by atoms with Gasteiger partial charge in [-0.1, -0.05) is 12.1 Å². The summed E-state index contributed by atoms with van der Waals surface area (Å²) in [5, 5.41) is 0. The van der Waals surface area contributed by atoms with Gasteiger partial charge < -0.3 is 9.64 Å². The lowest BCUT2D eigenvalue weighted by molar-refractivity contribution is 0.0724. The van der Waals surface area contributed by atoms with Crippen LogP contribution in [0.2, 0.25) is 0 Å². The first-order valence-electron chi connectivity index (χ1n) is 5.71. The van der Waals surface area contributed by atoms with Gasteiger partial charge in [0.15, 0.2) is 0 Å².